The number of amidine groups is 1. The lowest BCUT2D eigenvalue weighted by atomic mass is 10.1. The molecule has 2 aliphatic heterocycles. The first-order valence-corrected chi connectivity index (χ1v) is 14.9. The number of carbonyl (C=O) groups is 1. The van der Waals surface area contributed by atoms with Crippen LogP contribution in [0.2, 0.25) is 0 Å². The zero-order valence-electron chi connectivity index (χ0n) is 23.4. The SMILES string of the molecule is COc1ccc(N=C2S/C(=C\c3ccc(N4CCCCC4)cc3OC)C(=O)N2CCc2c[nH]c3ccccc23)cc1. The highest BCUT2D eigenvalue weighted by molar-refractivity contribution is 8.18. The molecular formula is C33H34N4O3S. The number of anilines is 1. The van der Waals surface area contributed by atoms with Gasteiger partial charge in [0.2, 0.25) is 0 Å². The lowest BCUT2D eigenvalue weighted by molar-refractivity contribution is -0.122. The normalized spacial score (nSPS) is 17.7. The first-order chi connectivity index (χ1) is 20.1. The Morgan fingerprint density at radius 3 is 2.56 bits per heavy atom. The zero-order chi connectivity index (χ0) is 28.2. The Bertz CT molecular complexity index is 1600. The molecule has 3 aromatic carbocycles. The lowest BCUT2D eigenvalue weighted by Crippen LogP contribution is -2.31. The van der Waals surface area contributed by atoms with Crippen LogP contribution in [0.3, 0.4) is 0 Å². The molecular weight excluding hydrogens is 532 g/mol. The summed E-state index contributed by atoms with van der Waals surface area (Å²) in [4.78, 5) is 26.9. The molecule has 0 aliphatic carbocycles. The van der Waals surface area contributed by atoms with Crippen molar-refractivity contribution in [1.29, 1.82) is 0 Å². The number of amides is 1. The molecule has 41 heavy (non-hydrogen) atoms. The first kappa shape index (κ1) is 27.0. The second-order valence-corrected chi connectivity index (χ2v) is 11.3. The molecule has 2 saturated heterocycles. The van der Waals surface area contributed by atoms with Crippen LogP contribution in [0, 0.1) is 0 Å². The number of benzene rings is 3. The molecule has 0 radical (unpaired) electrons. The minimum atomic E-state index is -0.0516. The second kappa shape index (κ2) is 12.1. The topological polar surface area (TPSA) is 70.2 Å². The van der Waals surface area contributed by atoms with Crippen molar-refractivity contribution in [3.63, 3.8) is 0 Å². The van der Waals surface area contributed by atoms with Gasteiger partial charge in [0.25, 0.3) is 5.91 Å². The van der Waals surface area contributed by atoms with E-state index >= 15 is 0 Å². The smallest absolute Gasteiger partial charge is 0.266 e. The molecule has 210 valence electrons. The molecule has 0 atom stereocenters. The van der Waals surface area contributed by atoms with Crippen LogP contribution >= 0.6 is 11.8 Å². The van der Waals surface area contributed by atoms with Gasteiger partial charge in [0, 0.05) is 54.1 Å². The van der Waals surface area contributed by atoms with Crippen LogP contribution < -0.4 is 14.4 Å². The van der Waals surface area contributed by atoms with Gasteiger partial charge in [0.05, 0.1) is 24.8 Å². The third kappa shape index (κ3) is 5.84. The lowest BCUT2D eigenvalue weighted by Gasteiger charge is -2.29. The van der Waals surface area contributed by atoms with Gasteiger partial charge in [-0.2, -0.15) is 0 Å². The van der Waals surface area contributed by atoms with E-state index in [0.29, 0.717) is 23.0 Å². The number of aromatic nitrogens is 1. The van der Waals surface area contributed by atoms with Crippen molar-refractivity contribution in [2.75, 3.05) is 38.8 Å². The van der Waals surface area contributed by atoms with Gasteiger partial charge in [-0.15, -0.1) is 0 Å². The molecule has 0 spiro atoms. The molecule has 8 heteroatoms. The van der Waals surface area contributed by atoms with E-state index in [2.05, 4.69) is 40.2 Å². The molecule has 1 N–H and O–H groups in total. The highest BCUT2D eigenvalue weighted by Gasteiger charge is 2.33. The summed E-state index contributed by atoms with van der Waals surface area (Å²) in [6.45, 7) is 2.65. The van der Waals surface area contributed by atoms with E-state index in [1.165, 1.54) is 42.0 Å². The van der Waals surface area contributed by atoms with Crippen LogP contribution in [0.4, 0.5) is 11.4 Å². The number of hydrogen-bond donors (Lipinski definition) is 1. The van der Waals surface area contributed by atoms with E-state index in [0.717, 1.165) is 47.0 Å². The summed E-state index contributed by atoms with van der Waals surface area (Å²) in [7, 11) is 3.33. The number of carbonyl (C=O) groups excluding carboxylic acids is 1. The summed E-state index contributed by atoms with van der Waals surface area (Å²) < 4.78 is 11.1. The molecule has 0 unspecified atom stereocenters. The maximum absolute atomic E-state index is 13.8. The third-order valence-corrected chi connectivity index (χ3v) is 8.70. The summed E-state index contributed by atoms with van der Waals surface area (Å²) in [5.74, 6) is 1.48. The van der Waals surface area contributed by atoms with E-state index < -0.39 is 0 Å². The second-order valence-electron chi connectivity index (χ2n) is 10.2. The van der Waals surface area contributed by atoms with Crippen LogP contribution in [-0.2, 0) is 11.2 Å². The minimum Gasteiger partial charge on any atom is -0.497 e. The Labute approximate surface area is 244 Å². The largest absolute Gasteiger partial charge is 0.497 e. The number of nitrogens with zero attached hydrogens (tertiary/aromatic N) is 3. The molecule has 1 aromatic heterocycles. The fourth-order valence-electron chi connectivity index (χ4n) is 5.44. The summed E-state index contributed by atoms with van der Waals surface area (Å²) >= 11 is 1.40. The van der Waals surface area contributed by atoms with Gasteiger partial charge in [-0.1, -0.05) is 18.2 Å². The quantitative estimate of drug-likeness (QED) is 0.232. The number of piperidine rings is 1. The zero-order valence-corrected chi connectivity index (χ0v) is 24.2. The van der Waals surface area contributed by atoms with Crippen LogP contribution in [0.25, 0.3) is 17.0 Å². The standard InChI is InChI=1S/C33H34N4O3S/c1-39-27-14-11-25(12-15-27)35-33-37(19-16-24-22-34-29-9-5-4-8-28(24)29)32(38)31(41-33)20-23-10-13-26(21-30(23)40-2)36-17-6-3-7-18-36/h4-5,8-15,20-22,34H,3,6-7,16-19H2,1-2H3/b31-20-,35-33?. The number of fused-ring (bicyclic) bond motifs is 1. The van der Waals surface area contributed by atoms with Gasteiger partial charge in [-0.05, 0) is 91.5 Å². The van der Waals surface area contributed by atoms with E-state index in [9.17, 15) is 4.79 Å². The monoisotopic (exact) mass is 566 g/mol. The number of nitrogens with one attached hydrogen (secondary N) is 1. The van der Waals surface area contributed by atoms with Crippen molar-refractivity contribution in [3.05, 3.63) is 89.0 Å². The summed E-state index contributed by atoms with van der Waals surface area (Å²) in [6.07, 6.45) is 8.38. The van der Waals surface area contributed by atoms with Crippen LogP contribution in [0.1, 0.15) is 30.4 Å². The Morgan fingerprint density at radius 1 is 0.976 bits per heavy atom. The fourth-order valence-corrected chi connectivity index (χ4v) is 6.45. The molecule has 4 aromatic rings. The summed E-state index contributed by atoms with van der Waals surface area (Å²) in [6, 6.07) is 22.1. The molecule has 7 nitrogen and oxygen atoms in total. The van der Waals surface area contributed by atoms with Gasteiger partial charge < -0.3 is 19.4 Å². The number of ether oxygens (including phenoxy) is 2. The van der Waals surface area contributed by atoms with E-state index in [1.807, 2.05) is 48.7 Å². The van der Waals surface area contributed by atoms with Crippen LogP contribution in [-0.4, -0.2) is 54.8 Å². The Hall–Kier alpha value is -4.17. The van der Waals surface area contributed by atoms with Crippen molar-refractivity contribution in [3.8, 4) is 11.5 Å². The molecule has 0 bridgehead atoms. The number of H-pyrrole nitrogens is 1. The number of rotatable bonds is 8. The number of thioether (sulfide) groups is 1. The maximum Gasteiger partial charge on any atom is 0.266 e. The highest BCUT2D eigenvalue weighted by Crippen LogP contribution is 2.37. The minimum absolute atomic E-state index is 0.0516. The van der Waals surface area contributed by atoms with Gasteiger partial charge in [-0.25, -0.2) is 4.99 Å². The van der Waals surface area contributed by atoms with Gasteiger partial charge in [0.1, 0.15) is 11.5 Å². The molecule has 2 fully saturated rings. The Kier molecular flexibility index (Phi) is 8.00. The van der Waals surface area contributed by atoms with Gasteiger partial charge >= 0.3 is 0 Å². The number of para-hydroxylation sites is 1. The number of hydrogen-bond acceptors (Lipinski definition) is 6. The van der Waals surface area contributed by atoms with Crippen LogP contribution in [0.15, 0.2) is 82.8 Å². The van der Waals surface area contributed by atoms with Crippen molar-refractivity contribution >= 4 is 51.2 Å². The van der Waals surface area contributed by atoms with E-state index in [-0.39, 0.29) is 5.91 Å². The van der Waals surface area contributed by atoms with Gasteiger partial charge in [-0.3, -0.25) is 9.69 Å². The molecule has 6 rings (SSSR count). The van der Waals surface area contributed by atoms with Gasteiger partial charge in [0.15, 0.2) is 5.17 Å². The average molecular weight is 567 g/mol. The van der Waals surface area contributed by atoms with Crippen molar-refractivity contribution in [2.24, 2.45) is 4.99 Å². The van der Waals surface area contributed by atoms with Crippen molar-refractivity contribution < 1.29 is 14.3 Å². The summed E-state index contributed by atoms with van der Waals surface area (Å²) in [5, 5.41) is 1.84. The average Bonchev–Trinajstić information content (AvgIpc) is 3.56. The first-order valence-electron chi connectivity index (χ1n) is 14.0. The maximum atomic E-state index is 13.8. The molecule has 0 saturated carbocycles. The summed E-state index contributed by atoms with van der Waals surface area (Å²) in [5.41, 5.74) is 5.08. The highest BCUT2D eigenvalue weighted by atomic mass is 32.2. The predicted molar refractivity (Wildman–Crippen MR) is 168 cm³/mol. The van der Waals surface area contributed by atoms with Crippen LogP contribution in [0.5, 0.6) is 11.5 Å². The number of aliphatic imine (C=N–C) groups is 1. The molecule has 1 amide bonds. The Morgan fingerprint density at radius 2 is 1.78 bits per heavy atom. The molecule has 3 heterocycles. The predicted octanol–water partition coefficient (Wildman–Crippen LogP) is 7.02. The van der Waals surface area contributed by atoms with E-state index in [1.54, 1.807) is 19.1 Å². The van der Waals surface area contributed by atoms with Crippen molar-refractivity contribution in [2.45, 2.75) is 25.7 Å². The Balaban J connectivity index is 1.30. The number of methoxy groups -OCH3 is 2. The van der Waals surface area contributed by atoms with Crippen molar-refractivity contribution in [1.82, 2.24) is 9.88 Å². The fraction of sp³-hybridized carbons (Fsp3) is 0.273. The molecule has 2 aliphatic rings. The van der Waals surface area contributed by atoms with E-state index in [4.69, 9.17) is 14.5 Å². The number of aromatic amines is 1. The third-order valence-electron chi connectivity index (χ3n) is 7.69.